The van der Waals surface area contributed by atoms with Crippen molar-refractivity contribution in [3.8, 4) is 0 Å². The molecule has 26 heavy (non-hydrogen) atoms. The van der Waals surface area contributed by atoms with Gasteiger partial charge in [-0.05, 0) is 49.4 Å². The van der Waals surface area contributed by atoms with Crippen molar-refractivity contribution in [1.29, 1.82) is 0 Å². The van der Waals surface area contributed by atoms with Gasteiger partial charge < -0.3 is 16.0 Å². The Balaban J connectivity index is 1.58. The molecule has 4 nitrogen and oxygen atoms in total. The molecular formula is C21H26ClN3O. The summed E-state index contributed by atoms with van der Waals surface area (Å²) in [6.45, 7) is 6.37. The van der Waals surface area contributed by atoms with Crippen LogP contribution in [0.5, 0.6) is 0 Å². The number of hydrogen-bond donors (Lipinski definition) is 2. The van der Waals surface area contributed by atoms with Crippen molar-refractivity contribution in [2.75, 3.05) is 24.5 Å². The lowest BCUT2D eigenvalue weighted by Gasteiger charge is -2.25. The largest absolute Gasteiger partial charge is 0.371 e. The van der Waals surface area contributed by atoms with Gasteiger partial charge in [-0.2, -0.15) is 0 Å². The minimum Gasteiger partial charge on any atom is -0.371 e. The van der Waals surface area contributed by atoms with E-state index in [1.807, 2.05) is 48.5 Å². The zero-order valence-electron chi connectivity index (χ0n) is 15.3. The van der Waals surface area contributed by atoms with E-state index < -0.39 is 5.54 Å². The summed E-state index contributed by atoms with van der Waals surface area (Å²) in [7, 11) is 0. The number of benzene rings is 2. The zero-order chi connectivity index (χ0) is 18.7. The second kappa shape index (κ2) is 7.68. The van der Waals surface area contributed by atoms with E-state index in [4.69, 9.17) is 17.3 Å². The molecule has 0 bridgehead atoms. The van der Waals surface area contributed by atoms with E-state index in [0.29, 0.717) is 12.5 Å². The van der Waals surface area contributed by atoms with E-state index in [9.17, 15) is 4.79 Å². The molecule has 1 fully saturated rings. The highest BCUT2D eigenvalue weighted by atomic mass is 35.5. The molecule has 0 aliphatic carbocycles. The minimum atomic E-state index is -1.02. The van der Waals surface area contributed by atoms with E-state index in [-0.39, 0.29) is 5.91 Å². The molecule has 1 amide bonds. The highest BCUT2D eigenvalue weighted by molar-refractivity contribution is 6.30. The minimum absolute atomic E-state index is 0.138. The molecule has 2 atom stereocenters. The van der Waals surface area contributed by atoms with Crippen molar-refractivity contribution in [3.05, 3.63) is 64.7 Å². The van der Waals surface area contributed by atoms with E-state index in [0.717, 1.165) is 30.1 Å². The average molecular weight is 372 g/mol. The van der Waals surface area contributed by atoms with Gasteiger partial charge in [0.05, 0.1) is 0 Å². The van der Waals surface area contributed by atoms with Crippen LogP contribution >= 0.6 is 11.6 Å². The number of nitrogens with one attached hydrogen (secondary N) is 1. The monoisotopic (exact) mass is 371 g/mol. The molecule has 1 aliphatic rings. The van der Waals surface area contributed by atoms with Gasteiger partial charge in [-0.1, -0.05) is 48.0 Å². The molecule has 1 aliphatic heterocycles. The van der Waals surface area contributed by atoms with Crippen molar-refractivity contribution in [2.45, 2.75) is 25.8 Å². The molecule has 0 spiro atoms. The number of carbonyl (C=O) groups is 1. The molecule has 0 radical (unpaired) electrons. The maximum atomic E-state index is 12.6. The summed E-state index contributed by atoms with van der Waals surface area (Å²) >= 11 is 6.15. The van der Waals surface area contributed by atoms with Gasteiger partial charge in [0.25, 0.3) is 0 Å². The van der Waals surface area contributed by atoms with Gasteiger partial charge in [-0.25, -0.2) is 0 Å². The van der Waals surface area contributed by atoms with Crippen molar-refractivity contribution >= 4 is 23.2 Å². The number of nitrogens with zero attached hydrogens (tertiary/aromatic N) is 1. The lowest BCUT2D eigenvalue weighted by molar-refractivity contribution is -0.126. The van der Waals surface area contributed by atoms with Crippen LogP contribution in [0.3, 0.4) is 0 Å². The Kier molecular flexibility index (Phi) is 5.54. The third kappa shape index (κ3) is 4.02. The zero-order valence-corrected chi connectivity index (χ0v) is 16.1. The summed E-state index contributed by atoms with van der Waals surface area (Å²) in [5.41, 5.74) is 8.48. The molecule has 1 saturated heterocycles. The Hall–Kier alpha value is -2.04. The first kappa shape index (κ1) is 18.7. The number of amides is 1. The Bertz CT molecular complexity index is 776. The molecule has 5 heteroatoms. The summed E-state index contributed by atoms with van der Waals surface area (Å²) < 4.78 is 0. The lowest BCUT2D eigenvalue weighted by atomic mass is 9.92. The molecule has 3 N–H and O–H groups in total. The lowest BCUT2D eigenvalue weighted by Crippen LogP contribution is -2.50. The number of aryl methyl sites for hydroxylation is 1. The SMILES string of the molecule is Cc1ccc(Cl)cc1N1CCC(CNC(=O)C(C)(N)c2ccccc2)C1. The molecule has 2 unspecified atom stereocenters. The molecule has 2 aromatic rings. The topological polar surface area (TPSA) is 58.4 Å². The number of rotatable bonds is 5. The van der Waals surface area contributed by atoms with E-state index >= 15 is 0 Å². The van der Waals surface area contributed by atoms with Gasteiger partial charge in [0, 0.05) is 30.3 Å². The third-order valence-corrected chi connectivity index (χ3v) is 5.43. The number of anilines is 1. The van der Waals surface area contributed by atoms with Crippen LogP contribution in [-0.2, 0) is 10.3 Å². The quantitative estimate of drug-likeness (QED) is 0.846. The fraction of sp³-hybridized carbons (Fsp3) is 0.381. The summed E-state index contributed by atoms with van der Waals surface area (Å²) in [5, 5.41) is 3.80. The molecule has 0 aromatic heterocycles. The van der Waals surface area contributed by atoms with Gasteiger partial charge in [0.1, 0.15) is 5.54 Å². The van der Waals surface area contributed by atoms with Crippen LogP contribution in [0.4, 0.5) is 5.69 Å². The Morgan fingerprint density at radius 3 is 2.77 bits per heavy atom. The molecular weight excluding hydrogens is 346 g/mol. The highest BCUT2D eigenvalue weighted by Crippen LogP contribution is 2.29. The predicted molar refractivity (Wildman–Crippen MR) is 108 cm³/mol. The van der Waals surface area contributed by atoms with Crippen molar-refractivity contribution in [2.24, 2.45) is 11.7 Å². The van der Waals surface area contributed by atoms with Gasteiger partial charge in [-0.15, -0.1) is 0 Å². The number of nitrogens with two attached hydrogens (primary N) is 1. The van der Waals surface area contributed by atoms with E-state index in [1.54, 1.807) is 6.92 Å². The third-order valence-electron chi connectivity index (χ3n) is 5.19. The smallest absolute Gasteiger partial charge is 0.244 e. The number of carbonyl (C=O) groups excluding carboxylic acids is 1. The first-order valence-electron chi connectivity index (χ1n) is 9.01. The second-order valence-electron chi connectivity index (χ2n) is 7.31. The van der Waals surface area contributed by atoms with Crippen LogP contribution in [0, 0.1) is 12.8 Å². The standard InChI is InChI=1S/C21H26ClN3O/c1-15-8-9-18(22)12-19(15)25-11-10-16(14-25)13-24-20(26)21(2,23)17-6-4-3-5-7-17/h3-9,12,16H,10-11,13-14,23H2,1-2H3,(H,24,26). The maximum absolute atomic E-state index is 12.6. The van der Waals surface area contributed by atoms with Crippen molar-refractivity contribution in [1.82, 2.24) is 5.32 Å². The van der Waals surface area contributed by atoms with E-state index in [2.05, 4.69) is 17.1 Å². The molecule has 3 rings (SSSR count). The first-order chi connectivity index (χ1) is 12.4. The normalized spacial score (nSPS) is 19.2. The fourth-order valence-corrected chi connectivity index (χ4v) is 3.64. The van der Waals surface area contributed by atoms with Crippen LogP contribution in [-0.4, -0.2) is 25.5 Å². The van der Waals surface area contributed by atoms with Gasteiger partial charge in [0.15, 0.2) is 0 Å². The Labute approximate surface area is 160 Å². The van der Waals surface area contributed by atoms with Crippen LogP contribution in [0.25, 0.3) is 0 Å². The summed E-state index contributed by atoms with van der Waals surface area (Å²) in [4.78, 5) is 14.9. The van der Waals surface area contributed by atoms with Gasteiger partial charge in [-0.3, -0.25) is 4.79 Å². The fourth-order valence-electron chi connectivity index (χ4n) is 3.48. The molecule has 138 valence electrons. The maximum Gasteiger partial charge on any atom is 0.244 e. The summed E-state index contributed by atoms with van der Waals surface area (Å²) in [6, 6.07) is 15.5. The number of halogens is 1. The average Bonchev–Trinajstić information content (AvgIpc) is 3.11. The van der Waals surface area contributed by atoms with Gasteiger partial charge in [0.2, 0.25) is 5.91 Å². The Morgan fingerprint density at radius 2 is 2.04 bits per heavy atom. The van der Waals surface area contributed by atoms with E-state index in [1.165, 1.54) is 11.3 Å². The summed E-state index contributed by atoms with van der Waals surface area (Å²) in [5.74, 6) is 0.269. The molecule has 0 saturated carbocycles. The summed E-state index contributed by atoms with van der Waals surface area (Å²) in [6.07, 6.45) is 1.04. The van der Waals surface area contributed by atoms with Crippen LogP contribution in [0.15, 0.2) is 48.5 Å². The Morgan fingerprint density at radius 1 is 1.31 bits per heavy atom. The van der Waals surface area contributed by atoms with Crippen molar-refractivity contribution < 1.29 is 4.79 Å². The van der Waals surface area contributed by atoms with Crippen LogP contribution in [0.2, 0.25) is 5.02 Å². The highest BCUT2D eigenvalue weighted by Gasteiger charge is 2.31. The predicted octanol–water partition coefficient (Wildman–Crippen LogP) is 3.47. The molecule has 2 aromatic carbocycles. The van der Waals surface area contributed by atoms with Crippen LogP contribution in [0.1, 0.15) is 24.5 Å². The molecule has 1 heterocycles. The van der Waals surface area contributed by atoms with Crippen LogP contribution < -0.4 is 16.0 Å². The van der Waals surface area contributed by atoms with Crippen molar-refractivity contribution in [3.63, 3.8) is 0 Å². The number of hydrogen-bond acceptors (Lipinski definition) is 3. The second-order valence-corrected chi connectivity index (χ2v) is 7.75. The first-order valence-corrected chi connectivity index (χ1v) is 9.39. The van der Waals surface area contributed by atoms with Gasteiger partial charge >= 0.3 is 0 Å².